The number of methoxy groups -OCH3 is 2. The number of pyridine rings is 1. The lowest BCUT2D eigenvalue weighted by Crippen LogP contribution is -2.42. The molecule has 1 aliphatic heterocycles. The Kier molecular flexibility index (Phi) is 6.43. The van der Waals surface area contributed by atoms with Gasteiger partial charge in [0.05, 0.1) is 61.9 Å². The van der Waals surface area contributed by atoms with Crippen LogP contribution in [0, 0.1) is 0 Å². The van der Waals surface area contributed by atoms with E-state index in [0.717, 1.165) is 11.1 Å². The van der Waals surface area contributed by atoms with Crippen LogP contribution >= 0.6 is 11.6 Å². The number of ether oxygens (including phenoxy) is 3. The minimum absolute atomic E-state index is 0.000521. The quantitative estimate of drug-likeness (QED) is 0.497. The highest BCUT2D eigenvalue weighted by atomic mass is 35.5. The molecule has 32 heavy (non-hydrogen) atoms. The Morgan fingerprint density at radius 2 is 1.97 bits per heavy atom. The van der Waals surface area contributed by atoms with Gasteiger partial charge >= 0.3 is 0 Å². The first-order valence-corrected chi connectivity index (χ1v) is 10.4. The highest BCUT2D eigenvalue weighted by Crippen LogP contribution is 2.38. The van der Waals surface area contributed by atoms with Gasteiger partial charge in [-0.15, -0.1) is 0 Å². The third kappa shape index (κ3) is 4.46. The first kappa shape index (κ1) is 21.9. The minimum atomic E-state index is -0.000521. The number of aromatic nitrogens is 3. The Hall–Kier alpha value is -3.36. The molecule has 3 heterocycles. The Balaban J connectivity index is 1.59. The molecule has 1 aliphatic rings. The van der Waals surface area contributed by atoms with Gasteiger partial charge in [-0.25, -0.2) is 9.97 Å². The van der Waals surface area contributed by atoms with Gasteiger partial charge in [-0.2, -0.15) is 0 Å². The SMILES string of the molecule is C=CC(=C)N[C@H]1COC[C@H]1Nc1ncc2cc(-c3cc(OC)cc(OC)c3Cl)ncc2n1. The van der Waals surface area contributed by atoms with Crippen LogP contribution in [0.1, 0.15) is 0 Å². The van der Waals surface area contributed by atoms with Crippen LogP contribution in [-0.2, 0) is 4.74 Å². The molecule has 0 radical (unpaired) electrons. The highest BCUT2D eigenvalue weighted by molar-refractivity contribution is 6.34. The van der Waals surface area contributed by atoms with E-state index in [4.69, 9.17) is 25.8 Å². The normalized spacial score (nSPS) is 17.7. The largest absolute Gasteiger partial charge is 0.497 e. The van der Waals surface area contributed by atoms with Gasteiger partial charge in [0.2, 0.25) is 5.95 Å². The first-order valence-electron chi connectivity index (χ1n) is 9.99. The standard InChI is InChI=1S/C23H24ClN5O3/c1-5-13(2)27-19-11-32-12-20(19)29-23-26-9-14-6-17(25-10-18(14)28-23)16-7-15(30-3)8-21(31-4)22(16)24/h5-10,19-20,27H,1-2,11-12H2,3-4H3,(H,26,28,29)/t19-,20+/m0/s1. The molecule has 1 fully saturated rings. The minimum Gasteiger partial charge on any atom is -0.497 e. The summed E-state index contributed by atoms with van der Waals surface area (Å²) in [7, 11) is 3.15. The third-order valence-corrected chi connectivity index (χ3v) is 5.61. The van der Waals surface area contributed by atoms with Gasteiger partial charge in [-0.1, -0.05) is 24.8 Å². The van der Waals surface area contributed by atoms with Crippen molar-refractivity contribution in [2.45, 2.75) is 12.1 Å². The van der Waals surface area contributed by atoms with Crippen molar-refractivity contribution in [2.24, 2.45) is 0 Å². The molecule has 1 aromatic carbocycles. The van der Waals surface area contributed by atoms with Gasteiger partial charge in [-0.3, -0.25) is 4.98 Å². The number of allylic oxidation sites excluding steroid dienone is 1. The lowest BCUT2D eigenvalue weighted by atomic mass is 10.1. The number of nitrogens with zero attached hydrogens (tertiary/aromatic N) is 3. The molecular formula is C23H24ClN5O3. The van der Waals surface area contributed by atoms with Crippen molar-refractivity contribution >= 4 is 28.5 Å². The molecule has 0 aliphatic carbocycles. The maximum atomic E-state index is 6.51. The van der Waals surface area contributed by atoms with Crippen molar-refractivity contribution < 1.29 is 14.2 Å². The number of halogens is 1. The summed E-state index contributed by atoms with van der Waals surface area (Å²) in [6.45, 7) is 8.73. The zero-order valence-electron chi connectivity index (χ0n) is 17.9. The van der Waals surface area contributed by atoms with Gasteiger partial charge in [0.15, 0.2) is 0 Å². The predicted octanol–water partition coefficient (Wildman–Crippen LogP) is 3.83. The smallest absolute Gasteiger partial charge is 0.223 e. The molecular weight excluding hydrogens is 430 g/mol. The van der Waals surface area contributed by atoms with Gasteiger partial charge in [-0.05, 0) is 18.2 Å². The Morgan fingerprint density at radius 1 is 1.16 bits per heavy atom. The summed E-state index contributed by atoms with van der Waals surface area (Å²) in [5, 5.41) is 7.90. The van der Waals surface area contributed by atoms with Crippen molar-refractivity contribution in [3.63, 3.8) is 0 Å². The van der Waals surface area contributed by atoms with E-state index in [2.05, 4.69) is 38.7 Å². The van der Waals surface area contributed by atoms with E-state index in [-0.39, 0.29) is 12.1 Å². The fourth-order valence-corrected chi connectivity index (χ4v) is 3.76. The van der Waals surface area contributed by atoms with Crippen LogP contribution in [0.4, 0.5) is 5.95 Å². The number of fused-ring (bicyclic) bond motifs is 1. The van der Waals surface area contributed by atoms with E-state index >= 15 is 0 Å². The van der Waals surface area contributed by atoms with Crippen LogP contribution in [0.15, 0.2) is 55.5 Å². The molecule has 4 rings (SSSR count). The number of hydrogen-bond donors (Lipinski definition) is 2. The maximum Gasteiger partial charge on any atom is 0.223 e. The van der Waals surface area contributed by atoms with Crippen molar-refractivity contribution in [3.8, 4) is 22.8 Å². The summed E-state index contributed by atoms with van der Waals surface area (Å²) < 4.78 is 16.3. The van der Waals surface area contributed by atoms with Crippen LogP contribution in [0.25, 0.3) is 22.2 Å². The molecule has 166 valence electrons. The zero-order chi connectivity index (χ0) is 22.7. The Morgan fingerprint density at radius 3 is 2.72 bits per heavy atom. The number of anilines is 1. The summed E-state index contributed by atoms with van der Waals surface area (Å²) in [5.41, 5.74) is 2.82. The monoisotopic (exact) mass is 453 g/mol. The van der Waals surface area contributed by atoms with Gasteiger partial charge in [0, 0.05) is 28.9 Å². The molecule has 2 aromatic heterocycles. The topological polar surface area (TPSA) is 90.4 Å². The van der Waals surface area contributed by atoms with E-state index < -0.39 is 0 Å². The second kappa shape index (κ2) is 9.42. The fraction of sp³-hybridized carbons (Fsp3) is 0.261. The van der Waals surface area contributed by atoms with Gasteiger partial charge < -0.3 is 24.8 Å². The molecule has 8 nitrogen and oxygen atoms in total. The van der Waals surface area contributed by atoms with E-state index in [1.807, 2.05) is 12.1 Å². The average molecular weight is 454 g/mol. The molecule has 2 N–H and O–H groups in total. The van der Waals surface area contributed by atoms with Crippen molar-refractivity contribution in [2.75, 3.05) is 32.8 Å². The molecule has 0 bridgehead atoms. The van der Waals surface area contributed by atoms with Crippen LogP contribution in [0.3, 0.4) is 0 Å². The zero-order valence-corrected chi connectivity index (χ0v) is 18.6. The molecule has 0 amide bonds. The highest BCUT2D eigenvalue weighted by Gasteiger charge is 2.28. The van der Waals surface area contributed by atoms with Crippen LogP contribution in [0.5, 0.6) is 11.5 Å². The Bertz CT molecular complexity index is 1170. The second-order valence-corrected chi connectivity index (χ2v) is 7.66. The molecule has 3 aromatic rings. The van der Waals surface area contributed by atoms with E-state index in [1.54, 1.807) is 38.8 Å². The van der Waals surface area contributed by atoms with Crippen molar-refractivity contribution in [3.05, 3.63) is 60.5 Å². The van der Waals surface area contributed by atoms with E-state index in [9.17, 15) is 0 Å². The van der Waals surface area contributed by atoms with Crippen LogP contribution in [0.2, 0.25) is 5.02 Å². The van der Waals surface area contributed by atoms with E-state index in [1.165, 1.54) is 0 Å². The lowest BCUT2D eigenvalue weighted by Gasteiger charge is -2.21. The summed E-state index contributed by atoms with van der Waals surface area (Å²) >= 11 is 6.51. The summed E-state index contributed by atoms with van der Waals surface area (Å²) in [4.78, 5) is 13.6. The molecule has 0 saturated carbocycles. The molecule has 2 atom stereocenters. The summed E-state index contributed by atoms with van der Waals surface area (Å²) in [5.74, 6) is 1.64. The molecule has 0 unspecified atom stereocenters. The first-order chi connectivity index (χ1) is 15.5. The van der Waals surface area contributed by atoms with Gasteiger partial charge in [0.25, 0.3) is 0 Å². The summed E-state index contributed by atoms with van der Waals surface area (Å²) in [6, 6.07) is 5.48. The van der Waals surface area contributed by atoms with E-state index in [0.29, 0.717) is 52.5 Å². The van der Waals surface area contributed by atoms with Gasteiger partial charge in [0.1, 0.15) is 11.5 Å². The number of nitrogens with one attached hydrogen (secondary N) is 2. The van der Waals surface area contributed by atoms with Crippen molar-refractivity contribution in [1.82, 2.24) is 20.3 Å². The predicted molar refractivity (Wildman–Crippen MR) is 125 cm³/mol. The number of hydrogen-bond acceptors (Lipinski definition) is 8. The third-order valence-electron chi connectivity index (χ3n) is 5.22. The Labute approximate surface area is 191 Å². The van der Waals surface area contributed by atoms with Crippen LogP contribution in [-0.4, -0.2) is 54.5 Å². The van der Waals surface area contributed by atoms with Crippen molar-refractivity contribution in [1.29, 1.82) is 0 Å². The number of rotatable bonds is 8. The average Bonchev–Trinajstić information content (AvgIpc) is 3.25. The summed E-state index contributed by atoms with van der Waals surface area (Å²) in [6.07, 6.45) is 5.12. The number of benzene rings is 1. The fourth-order valence-electron chi connectivity index (χ4n) is 3.48. The molecule has 1 saturated heterocycles. The van der Waals surface area contributed by atoms with Crippen LogP contribution < -0.4 is 20.1 Å². The molecule has 0 spiro atoms. The lowest BCUT2D eigenvalue weighted by molar-refractivity contribution is 0.190. The maximum absolute atomic E-state index is 6.51. The molecule has 9 heteroatoms. The second-order valence-electron chi connectivity index (χ2n) is 7.28.